The van der Waals surface area contributed by atoms with Gasteiger partial charge in [-0.2, -0.15) is 10.1 Å². The van der Waals surface area contributed by atoms with Gasteiger partial charge in [-0.1, -0.05) is 35.9 Å². The zero-order chi connectivity index (χ0) is 16.8. The minimum atomic E-state index is -0.213. The minimum Gasteiger partial charge on any atom is -0.353 e. The van der Waals surface area contributed by atoms with E-state index in [2.05, 4.69) is 25.8 Å². The number of halogens is 2. The molecule has 0 aliphatic heterocycles. The first-order valence-corrected chi connectivity index (χ1v) is 7.78. The Morgan fingerprint density at radius 1 is 1.08 bits per heavy atom. The van der Waals surface area contributed by atoms with Gasteiger partial charge in [0.15, 0.2) is 5.82 Å². The van der Waals surface area contributed by atoms with Crippen molar-refractivity contribution in [1.82, 2.24) is 15.2 Å². The van der Waals surface area contributed by atoms with Crippen molar-refractivity contribution >= 4 is 29.1 Å². The van der Waals surface area contributed by atoms with E-state index in [1.807, 2.05) is 18.2 Å². The van der Waals surface area contributed by atoms with E-state index < -0.39 is 0 Å². The van der Waals surface area contributed by atoms with Crippen LogP contribution in [0.15, 0.2) is 54.7 Å². The molecule has 0 atom stereocenters. The second-order valence-electron chi connectivity index (χ2n) is 5.07. The lowest BCUT2D eigenvalue weighted by Gasteiger charge is -2.08. The van der Waals surface area contributed by atoms with Gasteiger partial charge < -0.3 is 10.6 Å². The number of hydrogen-bond acceptors (Lipinski definition) is 5. The van der Waals surface area contributed by atoms with Gasteiger partial charge in [0.2, 0.25) is 5.95 Å². The molecule has 0 saturated carbocycles. The molecule has 2 aromatic carbocycles. The van der Waals surface area contributed by atoms with Crippen LogP contribution in [0.1, 0.15) is 5.56 Å². The molecule has 7 heteroatoms. The topological polar surface area (TPSA) is 62.7 Å². The molecule has 0 aliphatic carbocycles. The van der Waals surface area contributed by atoms with E-state index in [1.165, 1.54) is 12.3 Å². The first-order chi connectivity index (χ1) is 11.7. The molecule has 24 heavy (non-hydrogen) atoms. The van der Waals surface area contributed by atoms with Gasteiger partial charge in [0, 0.05) is 17.3 Å². The lowest BCUT2D eigenvalue weighted by molar-refractivity contribution is 0.610. The Labute approximate surface area is 143 Å². The number of nitrogens with zero attached hydrogens (tertiary/aromatic N) is 3. The van der Waals surface area contributed by atoms with Gasteiger partial charge in [0.05, 0.1) is 6.20 Å². The summed E-state index contributed by atoms with van der Waals surface area (Å²) in [4.78, 5) is 4.32. The smallest absolute Gasteiger partial charge is 0.244 e. The summed E-state index contributed by atoms with van der Waals surface area (Å²) in [6.07, 6.45) is 2.05. The van der Waals surface area contributed by atoms with Crippen LogP contribution in [-0.4, -0.2) is 21.7 Å². The molecule has 0 amide bonds. The fourth-order valence-electron chi connectivity index (χ4n) is 2.16. The number of hydrogen-bond donors (Lipinski definition) is 2. The third kappa shape index (κ3) is 4.39. The van der Waals surface area contributed by atoms with Crippen LogP contribution >= 0.6 is 11.6 Å². The van der Waals surface area contributed by atoms with Gasteiger partial charge in [-0.15, -0.1) is 5.10 Å². The van der Waals surface area contributed by atoms with Crippen LogP contribution in [0, 0.1) is 5.82 Å². The van der Waals surface area contributed by atoms with Crippen molar-refractivity contribution in [2.24, 2.45) is 0 Å². The number of anilines is 3. The van der Waals surface area contributed by atoms with E-state index >= 15 is 0 Å². The summed E-state index contributed by atoms with van der Waals surface area (Å²) in [5.41, 5.74) is 1.45. The highest BCUT2D eigenvalue weighted by molar-refractivity contribution is 6.30. The zero-order valence-corrected chi connectivity index (χ0v) is 13.5. The predicted molar refractivity (Wildman–Crippen MR) is 93.2 cm³/mol. The quantitative estimate of drug-likeness (QED) is 0.706. The van der Waals surface area contributed by atoms with E-state index in [0.29, 0.717) is 35.3 Å². The van der Waals surface area contributed by atoms with E-state index in [9.17, 15) is 4.39 Å². The van der Waals surface area contributed by atoms with Crippen molar-refractivity contribution in [3.8, 4) is 0 Å². The molecule has 5 nitrogen and oxygen atoms in total. The van der Waals surface area contributed by atoms with Crippen LogP contribution in [-0.2, 0) is 6.42 Å². The van der Waals surface area contributed by atoms with Crippen molar-refractivity contribution < 1.29 is 4.39 Å². The van der Waals surface area contributed by atoms with Crippen LogP contribution in [0.4, 0.5) is 21.8 Å². The second-order valence-corrected chi connectivity index (χ2v) is 5.51. The summed E-state index contributed by atoms with van der Waals surface area (Å²) in [7, 11) is 0. The monoisotopic (exact) mass is 343 g/mol. The maximum Gasteiger partial charge on any atom is 0.244 e. The van der Waals surface area contributed by atoms with E-state index in [1.54, 1.807) is 24.3 Å². The highest BCUT2D eigenvalue weighted by Gasteiger charge is 2.03. The Morgan fingerprint density at radius 2 is 1.96 bits per heavy atom. The van der Waals surface area contributed by atoms with Crippen LogP contribution in [0.25, 0.3) is 0 Å². The van der Waals surface area contributed by atoms with Gasteiger partial charge in [0.1, 0.15) is 5.82 Å². The predicted octanol–water partition coefficient (Wildman–Crippen LogP) is 4.06. The Kier molecular flexibility index (Phi) is 5.18. The average Bonchev–Trinajstić information content (AvgIpc) is 2.57. The Morgan fingerprint density at radius 3 is 2.79 bits per heavy atom. The SMILES string of the molecule is Fc1ccccc1CCNc1nncc(Nc2cccc(Cl)c2)n1. The van der Waals surface area contributed by atoms with Gasteiger partial charge >= 0.3 is 0 Å². The molecule has 122 valence electrons. The van der Waals surface area contributed by atoms with Crippen molar-refractivity contribution in [3.05, 3.63) is 71.1 Å². The van der Waals surface area contributed by atoms with Crippen molar-refractivity contribution in [2.45, 2.75) is 6.42 Å². The molecule has 1 heterocycles. The van der Waals surface area contributed by atoms with E-state index in [4.69, 9.17) is 11.6 Å². The molecule has 3 aromatic rings. The number of nitrogens with one attached hydrogen (secondary N) is 2. The molecule has 0 unspecified atom stereocenters. The first kappa shape index (κ1) is 16.1. The Balaban J connectivity index is 1.60. The molecule has 1 aromatic heterocycles. The third-order valence-corrected chi connectivity index (χ3v) is 3.53. The number of aromatic nitrogens is 3. The first-order valence-electron chi connectivity index (χ1n) is 7.40. The number of benzene rings is 2. The summed E-state index contributed by atoms with van der Waals surface area (Å²) in [5.74, 6) is 0.703. The molecule has 0 aliphatic rings. The molecule has 0 radical (unpaired) electrons. The van der Waals surface area contributed by atoms with Gasteiger partial charge in [-0.3, -0.25) is 0 Å². The summed E-state index contributed by atoms with van der Waals surface area (Å²) in [5, 5.41) is 14.6. The van der Waals surface area contributed by atoms with Crippen LogP contribution in [0.3, 0.4) is 0 Å². The maximum atomic E-state index is 13.6. The molecule has 2 N–H and O–H groups in total. The Bertz CT molecular complexity index is 827. The van der Waals surface area contributed by atoms with E-state index in [0.717, 1.165) is 5.69 Å². The summed E-state index contributed by atoms with van der Waals surface area (Å²) < 4.78 is 13.6. The third-order valence-electron chi connectivity index (χ3n) is 3.29. The molecular formula is C17H15ClFN5. The average molecular weight is 344 g/mol. The zero-order valence-electron chi connectivity index (χ0n) is 12.7. The maximum absolute atomic E-state index is 13.6. The largest absolute Gasteiger partial charge is 0.353 e. The normalized spacial score (nSPS) is 10.4. The van der Waals surface area contributed by atoms with Gasteiger partial charge in [-0.05, 0) is 36.2 Å². The van der Waals surface area contributed by atoms with Gasteiger partial charge in [0.25, 0.3) is 0 Å². The molecular weight excluding hydrogens is 329 g/mol. The summed E-state index contributed by atoms with van der Waals surface area (Å²) in [6.45, 7) is 0.503. The fourth-order valence-corrected chi connectivity index (χ4v) is 2.35. The highest BCUT2D eigenvalue weighted by Crippen LogP contribution is 2.18. The lowest BCUT2D eigenvalue weighted by Crippen LogP contribution is -2.10. The molecule has 0 saturated heterocycles. The van der Waals surface area contributed by atoms with Crippen LogP contribution in [0.5, 0.6) is 0 Å². The highest BCUT2D eigenvalue weighted by atomic mass is 35.5. The fraction of sp³-hybridized carbons (Fsp3) is 0.118. The summed E-state index contributed by atoms with van der Waals surface area (Å²) >= 11 is 5.95. The van der Waals surface area contributed by atoms with Crippen molar-refractivity contribution in [2.75, 3.05) is 17.2 Å². The molecule has 0 fully saturated rings. The van der Waals surface area contributed by atoms with Crippen LogP contribution < -0.4 is 10.6 Å². The van der Waals surface area contributed by atoms with Crippen molar-refractivity contribution in [1.29, 1.82) is 0 Å². The van der Waals surface area contributed by atoms with E-state index in [-0.39, 0.29) is 5.82 Å². The second kappa shape index (κ2) is 7.70. The number of rotatable bonds is 6. The Hall–Kier alpha value is -2.73. The summed E-state index contributed by atoms with van der Waals surface area (Å²) in [6, 6.07) is 14.0. The lowest BCUT2D eigenvalue weighted by atomic mass is 10.1. The minimum absolute atomic E-state index is 0.213. The molecule has 0 bridgehead atoms. The molecule has 0 spiro atoms. The van der Waals surface area contributed by atoms with Gasteiger partial charge in [-0.25, -0.2) is 4.39 Å². The standard InChI is InChI=1S/C17H15ClFN5/c18-13-5-3-6-14(10-13)22-16-11-21-24-17(23-16)20-9-8-12-4-1-2-7-15(12)19/h1-7,10-11H,8-9H2,(H2,20,22,23,24). The molecule has 3 rings (SSSR count). The van der Waals surface area contributed by atoms with Crippen LogP contribution in [0.2, 0.25) is 5.02 Å². The van der Waals surface area contributed by atoms with Crippen molar-refractivity contribution in [3.63, 3.8) is 0 Å².